The predicted octanol–water partition coefficient (Wildman–Crippen LogP) is 4.21. The minimum absolute atomic E-state index is 0.290. The molecule has 0 amide bonds. The molecule has 0 radical (unpaired) electrons. The van der Waals surface area contributed by atoms with Crippen LogP contribution in [0.15, 0.2) is 43.0 Å². The molecule has 9 heteroatoms. The van der Waals surface area contributed by atoms with Crippen molar-refractivity contribution in [1.82, 2.24) is 19.5 Å². The van der Waals surface area contributed by atoms with Gasteiger partial charge in [0.25, 0.3) is 0 Å². The fourth-order valence-corrected chi connectivity index (χ4v) is 5.62. The Labute approximate surface area is 203 Å². The van der Waals surface area contributed by atoms with E-state index in [0.717, 1.165) is 31.4 Å². The Kier molecular flexibility index (Phi) is 5.48. The van der Waals surface area contributed by atoms with Crippen LogP contribution in [0.3, 0.4) is 0 Å². The number of nitrogens with zero attached hydrogens (tertiary/aromatic N) is 4. The Bertz CT molecular complexity index is 1270. The van der Waals surface area contributed by atoms with Gasteiger partial charge in [0, 0.05) is 5.56 Å². The number of benzene rings is 1. The Morgan fingerprint density at radius 2 is 1.83 bits per heavy atom. The number of fused-ring (bicyclic) bond motifs is 2. The van der Waals surface area contributed by atoms with Gasteiger partial charge < -0.3 is 19.9 Å². The van der Waals surface area contributed by atoms with Gasteiger partial charge in [0.2, 0.25) is 0 Å². The van der Waals surface area contributed by atoms with E-state index in [1.807, 2.05) is 24.5 Å². The molecule has 4 atom stereocenters. The summed E-state index contributed by atoms with van der Waals surface area (Å²) in [6, 6.07) is 6.62. The van der Waals surface area contributed by atoms with E-state index in [2.05, 4.69) is 15.0 Å². The maximum absolute atomic E-state index is 14.2. The van der Waals surface area contributed by atoms with E-state index in [0.29, 0.717) is 16.7 Å². The molecule has 1 saturated carbocycles. The Hall–Kier alpha value is -2.72. The number of aromatic nitrogens is 4. The summed E-state index contributed by atoms with van der Waals surface area (Å²) in [4.78, 5) is 13.8. The highest BCUT2D eigenvalue weighted by molar-refractivity contribution is 5.74. The van der Waals surface area contributed by atoms with Crippen molar-refractivity contribution in [3.05, 3.63) is 60.1 Å². The number of ether oxygens (including phenoxy) is 3. The summed E-state index contributed by atoms with van der Waals surface area (Å²) in [5, 5.41) is 0. The van der Waals surface area contributed by atoms with E-state index < -0.39 is 29.8 Å². The number of imidazole rings is 1. The van der Waals surface area contributed by atoms with Crippen LogP contribution in [0, 0.1) is 5.82 Å². The summed E-state index contributed by atoms with van der Waals surface area (Å²) in [5.41, 5.74) is 8.92. The van der Waals surface area contributed by atoms with Crippen molar-refractivity contribution in [3.63, 3.8) is 0 Å². The van der Waals surface area contributed by atoms with Crippen LogP contribution in [-0.2, 0) is 19.7 Å². The molecular formula is C26H30FN5O3. The molecule has 2 aliphatic heterocycles. The maximum atomic E-state index is 14.2. The van der Waals surface area contributed by atoms with E-state index in [1.54, 1.807) is 36.9 Å². The molecule has 8 nitrogen and oxygen atoms in total. The number of nitrogens with two attached hydrogens (primary N) is 1. The van der Waals surface area contributed by atoms with Crippen molar-refractivity contribution < 1.29 is 18.6 Å². The van der Waals surface area contributed by atoms with Gasteiger partial charge in [-0.25, -0.2) is 19.3 Å². The van der Waals surface area contributed by atoms with Crippen LogP contribution in [0.25, 0.3) is 17.2 Å². The average Bonchev–Trinajstić information content (AvgIpc) is 3.49. The predicted molar refractivity (Wildman–Crippen MR) is 127 cm³/mol. The minimum Gasteiger partial charge on any atom is -0.345 e. The summed E-state index contributed by atoms with van der Waals surface area (Å²) in [6.45, 7) is 3.77. The molecule has 1 aliphatic carbocycles. The van der Waals surface area contributed by atoms with Crippen molar-refractivity contribution in [2.75, 3.05) is 0 Å². The molecule has 184 valence electrons. The molecule has 0 bridgehead atoms. The first-order valence-electron chi connectivity index (χ1n) is 12.3. The van der Waals surface area contributed by atoms with Crippen LogP contribution >= 0.6 is 0 Å². The van der Waals surface area contributed by atoms with Crippen LogP contribution in [0.1, 0.15) is 63.4 Å². The van der Waals surface area contributed by atoms with Crippen molar-refractivity contribution >= 4 is 17.2 Å². The van der Waals surface area contributed by atoms with Crippen LogP contribution in [0.4, 0.5) is 4.39 Å². The summed E-state index contributed by atoms with van der Waals surface area (Å²) < 4.78 is 34.9. The Morgan fingerprint density at radius 1 is 1.06 bits per heavy atom. The summed E-state index contributed by atoms with van der Waals surface area (Å²) >= 11 is 0. The molecule has 0 spiro atoms. The highest BCUT2D eigenvalue weighted by Crippen LogP contribution is 2.45. The molecule has 4 heterocycles. The van der Waals surface area contributed by atoms with Gasteiger partial charge in [0.15, 0.2) is 17.7 Å². The molecule has 2 N–H and O–H groups in total. The first-order chi connectivity index (χ1) is 16.8. The third-order valence-electron chi connectivity index (χ3n) is 7.29. The van der Waals surface area contributed by atoms with Crippen molar-refractivity contribution in [1.29, 1.82) is 0 Å². The minimum atomic E-state index is -0.776. The number of rotatable bonds is 4. The van der Waals surface area contributed by atoms with Crippen LogP contribution in [0.2, 0.25) is 0 Å². The second-order valence-corrected chi connectivity index (χ2v) is 10.2. The molecule has 3 aromatic rings. The molecular weight excluding hydrogens is 449 g/mol. The molecule has 2 saturated heterocycles. The summed E-state index contributed by atoms with van der Waals surface area (Å²) in [5.74, 6) is -1.07. The van der Waals surface area contributed by atoms with E-state index in [1.165, 1.54) is 12.5 Å². The van der Waals surface area contributed by atoms with Gasteiger partial charge in [-0.3, -0.25) is 4.57 Å². The van der Waals surface area contributed by atoms with E-state index >= 15 is 0 Å². The van der Waals surface area contributed by atoms with Crippen LogP contribution < -0.4 is 5.73 Å². The highest BCUT2D eigenvalue weighted by Gasteiger charge is 2.55. The zero-order valence-corrected chi connectivity index (χ0v) is 19.9. The van der Waals surface area contributed by atoms with Gasteiger partial charge in [-0.2, -0.15) is 0 Å². The lowest BCUT2D eigenvalue weighted by molar-refractivity contribution is -0.191. The Balaban J connectivity index is 1.35. The zero-order valence-electron chi connectivity index (χ0n) is 19.9. The van der Waals surface area contributed by atoms with Gasteiger partial charge in [0.05, 0.1) is 17.6 Å². The summed E-state index contributed by atoms with van der Waals surface area (Å²) in [6.07, 6.45) is 10.2. The quantitative estimate of drug-likeness (QED) is 0.599. The topological polar surface area (TPSA) is 97.3 Å². The lowest BCUT2D eigenvalue weighted by Crippen LogP contribution is -2.39. The second kappa shape index (κ2) is 8.44. The maximum Gasteiger partial charge on any atom is 0.166 e. The average molecular weight is 480 g/mol. The smallest absolute Gasteiger partial charge is 0.166 e. The van der Waals surface area contributed by atoms with Gasteiger partial charge in [-0.05, 0) is 32.8 Å². The van der Waals surface area contributed by atoms with E-state index in [9.17, 15) is 4.39 Å². The molecule has 6 rings (SSSR count). The summed E-state index contributed by atoms with van der Waals surface area (Å²) in [7, 11) is 0. The van der Waals surface area contributed by atoms with E-state index in [-0.39, 0.29) is 11.9 Å². The second-order valence-electron chi connectivity index (χ2n) is 10.2. The molecule has 35 heavy (non-hydrogen) atoms. The molecule has 3 fully saturated rings. The SMILES string of the molecule is CC1(C)O[C@@H]2[C@H](O1)[C@@H](C=Cc1ccccc1F)O[C@H]2n1cnc2c(C3(N)CCCCC3)ncnc21. The first-order valence-corrected chi connectivity index (χ1v) is 12.3. The standard InChI is InChI=1S/C26H30FN5O3/c1-25(2)34-20-18(11-10-16-8-4-5-9-17(16)27)33-24(21(20)35-25)32-15-31-19-22(29-14-30-23(19)32)26(28)12-6-3-7-13-26/h4-5,8-11,14-15,18,20-21,24H,3,6-7,12-13,28H2,1-2H3/t18-,20-,21-,24-/m1/s1. The van der Waals surface area contributed by atoms with Crippen LogP contribution in [0.5, 0.6) is 0 Å². The third kappa shape index (κ3) is 3.96. The molecule has 3 aliphatic rings. The van der Waals surface area contributed by atoms with Gasteiger partial charge in [-0.1, -0.05) is 49.6 Å². The normalized spacial score (nSPS) is 29.7. The fourth-order valence-electron chi connectivity index (χ4n) is 5.62. The molecule has 1 aromatic carbocycles. The van der Waals surface area contributed by atoms with Gasteiger partial charge in [0.1, 0.15) is 36.0 Å². The van der Waals surface area contributed by atoms with Crippen molar-refractivity contribution in [2.24, 2.45) is 5.73 Å². The Morgan fingerprint density at radius 3 is 2.63 bits per heavy atom. The lowest BCUT2D eigenvalue weighted by atomic mass is 9.80. The zero-order chi connectivity index (χ0) is 24.2. The van der Waals surface area contributed by atoms with Gasteiger partial charge in [-0.15, -0.1) is 0 Å². The number of hydrogen-bond donors (Lipinski definition) is 1. The number of halogens is 1. The van der Waals surface area contributed by atoms with E-state index in [4.69, 9.17) is 19.9 Å². The first kappa shape index (κ1) is 22.7. The largest absolute Gasteiger partial charge is 0.345 e. The number of hydrogen-bond acceptors (Lipinski definition) is 7. The van der Waals surface area contributed by atoms with Crippen molar-refractivity contribution in [2.45, 2.75) is 81.8 Å². The lowest BCUT2D eigenvalue weighted by Gasteiger charge is -2.32. The fraction of sp³-hybridized carbons (Fsp3) is 0.500. The third-order valence-corrected chi connectivity index (χ3v) is 7.29. The van der Waals surface area contributed by atoms with Gasteiger partial charge >= 0.3 is 0 Å². The highest BCUT2D eigenvalue weighted by atomic mass is 19.1. The monoisotopic (exact) mass is 479 g/mol. The van der Waals surface area contributed by atoms with Crippen molar-refractivity contribution in [3.8, 4) is 0 Å². The molecule has 0 unspecified atom stereocenters. The van der Waals surface area contributed by atoms with Crippen LogP contribution in [-0.4, -0.2) is 43.6 Å². The molecule has 2 aromatic heterocycles.